The number of likely N-dealkylation sites (tertiary alicyclic amines) is 1. The summed E-state index contributed by atoms with van der Waals surface area (Å²) in [5, 5.41) is 1.50. The second-order valence-corrected chi connectivity index (χ2v) is 8.87. The number of rotatable bonds is 5. The molecule has 2 aromatic rings. The summed E-state index contributed by atoms with van der Waals surface area (Å²) in [4.78, 5) is 6.46. The average molecular weight is 355 g/mol. The molecule has 1 N–H and O–H groups in total. The third kappa shape index (κ3) is 2.86. The molecule has 25 heavy (non-hydrogen) atoms. The van der Waals surface area contributed by atoms with E-state index in [1.54, 1.807) is 5.56 Å². The number of allylic oxidation sites excluding steroid dienone is 1. The fraction of sp³-hybridized carbons (Fsp3) is 0.545. The van der Waals surface area contributed by atoms with E-state index in [1.807, 2.05) is 11.8 Å². The maximum atomic E-state index is 4.23. The van der Waals surface area contributed by atoms with Crippen LogP contribution in [0.1, 0.15) is 49.4 Å². The normalized spacial score (nSPS) is 26.0. The van der Waals surface area contributed by atoms with Crippen molar-refractivity contribution in [2.24, 2.45) is 5.92 Å². The van der Waals surface area contributed by atoms with Crippen molar-refractivity contribution in [2.45, 2.75) is 45.1 Å². The summed E-state index contributed by atoms with van der Waals surface area (Å²) in [5.74, 6) is 2.79. The maximum Gasteiger partial charge on any atom is 0.0464 e. The predicted molar refractivity (Wildman–Crippen MR) is 112 cm³/mol. The Bertz CT molecular complexity index is 791. The van der Waals surface area contributed by atoms with Gasteiger partial charge in [-0.05, 0) is 73.4 Å². The highest BCUT2D eigenvalue weighted by molar-refractivity contribution is 7.98. The number of hydrogen-bond acceptors (Lipinski definition) is 2. The van der Waals surface area contributed by atoms with E-state index in [2.05, 4.69) is 54.8 Å². The largest absolute Gasteiger partial charge is 0.355 e. The van der Waals surface area contributed by atoms with Gasteiger partial charge in [-0.1, -0.05) is 25.6 Å². The lowest BCUT2D eigenvalue weighted by molar-refractivity contribution is 0.0926. The first-order valence-corrected chi connectivity index (χ1v) is 11.1. The van der Waals surface area contributed by atoms with Crippen LogP contribution < -0.4 is 0 Å². The van der Waals surface area contributed by atoms with Crippen molar-refractivity contribution < 1.29 is 0 Å². The van der Waals surface area contributed by atoms with Crippen molar-refractivity contribution in [3.63, 3.8) is 0 Å². The lowest BCUT2D eigenvalue weighted by atomic mass is 9.72. The molecule has 1 aliphatic carbocycles. The standard InChI is InChI=1S/C22H30N2S/c1-5-9-24-12-15(13-25-4)10-17-16-7-6-8-19-21(16)18(11-20(17)24)22(23-19)14(2)3/h6-8,15,17,20,23H,2,5,9-13H2,1,3-4H3/t15-,17?,20-/m1/s1. The molecule has 1 saturated heterocycles. The number of aromatic amines is 1. The van der Waals surface area contributed by atoms with Crippen molar-refractivity contribution >= 4 is 28.2 Å². The SMILES string of the molecule is C=C(C)c1[nH]c2cccc3c2c1C[C@@H]1C3C[C@@H](CSC)CN1CCC. The number of hydrogen-bond donors (Lipinski definition) is 1. The summed E-state index contributed by atoms with van der Waals surface area (Å²) in [6.07, 6.45) is 6.02. The Hall–Kier alpha value is -1.19. The van der Waals surface area contributed by atoms with Crippen LogP contribution in [0.25, 0.3) is 16.5 Å². The Morgan fingerprint density at radius 3 is 2.96 bits per heavy atom. The molecular weight excluding hydrogens is 324 g/mol. The summed E-state index contributed by atoms with van der Waals surface area (Å²) in [7, 11) is 0. The van der Waals surface area contributed by atoms with Crippen molar-refractivity contribution in [1.82, 2.24) is 9.88 Å². The van der Waals surface area contributed by atoms with Crippen LogP contribution in [-0.4, -0.2) is 41.0 Å². The molecule has 1 aromatic carbocycles. The van der Waals surface area contributed by atoms with Crippen LogP contribution in [0, 0.1) is 5.92 Å². The zero-order chi connectivity index (χ0) is 17.6. The molecule has 0 bridgehead atoms. The highest BCUT2D eigenvalue weighted by atomic mass is 32.2. The smallest absolute Gasteiger partial charge is 0.0464 e. The highest BCUT2D eigenvalue weighted by Crippen LogP contribution is 2.46. The second-order valence-electron chi connectivity index (χ2n) is 7.96. The van der Waals surface area contributed by atoms with E-state index in [9.17, 15) is 0 Å². The molecule has 4 rings (SSSR count). The molecule has 3 heteroatoms. The number of fused-ring (bicyclic) bond motifs is 2. The Kier molecular flexibility index (Phi) is 4.72. The van der Waals surface area contributed by atoms with E-state index < -0.39 is 0 Å². The molecule has 2 nitrogen and oxygen atoms in total. The lowest BCUT2D eigenvalue weighted by Crippen LogP contribution is -2.50. The zero-order valence-corrected chi connectivity index (χ0v) is 16.6. The monoisotopic (exact) mass is 354 g/mol. The van der Waals surface area contributed by atoms with E-state index >= 15 is 0 Å². The minimum absolute atomic E-state index is 0.657. The van der Waals surface area contributed by atoms with Gasteiger partial charge in [0.2, 0.25) is 0 Å². The molecule has 2 heterocycles. The zero-order valence-electron chi connectivity index (χ0n) is 15.8. The Labute approximate surface area is 156 Å². The summed E-state index contributed by atoms with van der Waals surface area (Å²) >= 11 is 2.01. The first kappa shape index (κ1) is 17.2. The fourth-order valence-corrected chi connectivity index (χ4v) is 5.96. The first-order valence-electron chi connectivity index (χ1n) is 9.66. The summed E-state index contributed by atoms with van der Waals surface area (Å²) < 4.78 is 0. The molecule has 1 aromatic heterocycles. The maximum absolute atomic E-state index is 4.23. The molecule has 0 spiro atoms. The van der Waals surface area contributed by atoms with E-state index in [0.29, 0.717) is 12.0 Å². The quantitative estimate of drug-likeness (QED) is 0.785. The van der Waals surface area contributed by atoms with Crippen molar-refractivity contribution in [3.8, 4) is 0 Å². The van der Waals surface area contributed by atoms with Crippen molar-refractivity contribution in [2.75, 3.05) is 25.1 Å². The number of nitrogens with one attached hydrogen (secondary N) is 1. The van der Waals surface area contributed by atoms with Crippen LogP contribution in [0.5, 0.6) is 0 Å². The molecule has 134 valence electrons. The van der Waals surface area contributed by atoms with E-state index in [1.165, 1.54) is 60.3 Å². The van der Waals surface area contributed by atoms with Gasteiger partial charge in [0.1, 0.15) is 0 Å². The van der Waals surface area contributed by atoms with Crippen LogP contribution in [0.2, 0.25) is 0 Å². The molecule has 0 amide bonds. The minimum Gasteiger partial charge on any atom is -0.355 e. The van der Waals surface area contributed by atoms with E-state index in [-0.39, 0.29) is 0 Å². The third-order valence-electron chi connectivity index (χ3n) is 6.13. The number of nitrogens with zero attached hydrogens (tertiary/aromatic N) is 1. The summed E-state index contributed by atoms with van der Waals surface area (Å²) in [6.45, 7) is 11.2. The molecule has 2 aliphatic rings. The number of aromatic nitrogens is 1. The Morgan fingerprint density at radius 1 is 1.40 bits per heavy atom. The van der Waals surface area contributed by atoms with Gasteiger partial charge in [-0.3, -0.25) is 4.90 Å². The van der Waals surface area contributed by atoms with Crippen LogP contribution >= 0.6 is 11.8 Å². The lowest BCUT2D eigenvalue weighted by Gasteiger charge is -2.47. The van der Waals surface area contributed by atoms with Crippen molar-refractivity contribution in [1.29, 1.82) is 0 Å². The van der Waals surface area contributed by atoms with E-state index in [4.69, 9.17) is 0 Å². The van der Waals surface area contributed by atoms with Crippen molar-refractivity contribution in [3.05, 3.63) is 41.6 Å². The molecular formula is C22H30N2S. The molecule has 1 unspecified atom stereocenters. The number of benzene rings is 1. The summed E-state index contributed by atoms with van der Waals surface area (Å²) in [5.41, 5.74) is 6.85. The van der Waals surface area contributed by atoms with Crippen LogP contribution in [0.15, 0.2) is 24.8 Å². The highest BCUT2D eigenvalue weighted by Gasteiger charge is 2.41. The fourth-order valence-electron chi connectivity index (χ4n) is 5.25. The van der Waals surface area contributed by atoms with Gasteiger partial charge in [0, 0.05) is 35.1 Å². The predicted octanol–water partition coefficient (Wildman–Crippen LogP) is 5.30. The van der Waals surface area contributed by atoms with Gasteiger partial charge in [-0.15, -0.1) is 0 Å². The minimum atomic E-state index is 0.657. The van der Waals surface area contributed by atoms with Crippen LogP contribution in [0.3, 0.4) is 0 Å². The molecule has 0 radical (unpaired) electrons. The number of piperidine rings is 1. The van der Waals surface area contributed by atoms with Crippen LogP contribution in [0.4, 0.5) is 0 Å². The van der Waals surface area contributed by atoms with Gasteiger partial charge < -0.3 is 4.98 Å². The van der Waals surface area contributed by atoms with Gasteiger partial charge >= 0.3 is 0 Å². The van der Waals surface area contributed by atoms with Gasteiger partial charge in [0.25, 0.3) is 0 Å². The number of thioether (sulfide) groups is 1. The summed E-state index contributed by atoms with van der Waals surface area (Å²) in [6, 6.07) is 7.53. The molecule has 0 saturated carbocycles. The van der Waals surface area contributed by atoms with Gasteiger partial charge in [0.15, 0.2) is 0 Å². The molecule has 1 aliphatic heterocycles. The number of H-pyrrole nitrogens is 1. The van der Waals surface area contributed by atoms with Gasteiger partial charge in [-0.25, -0.2) is 0 Å². The molecule has 1 fully saturated rings. The Morgan fingerprint density at radius 2 is 2.24 bits per heavy atom. The second kappa shape index (κ2) is 6.85. The van der Waals surface area contributed by atoms with Gasteiger partial charge in [-0.2, -0.15) is 11.8 Å². The third-order valence-corrected chi connectivity index (χ3v) is 6.93. The molecule has 3 atom stereocenters. The Balaban J connectivity index is 1.82. The van der Waals surface area contributed by atoms with Gasteiger partial charge in [0.05, 0.1) is 0 Å². The average Bonchev–Trinajstić information content (AvgIpc) is 2.97. The first-order chi connectivity index (χ1) is 12.1. The van der Waals surface area contributed by atoms with Crippen LogP contribution in [-0.2, 0) is 6.42 Å². The topological polar surface area (TPSA) is 19.0 Å². The van der Waals surface area contributed by atoms with E-state index in [0.717, 1.165) is 11.5 Å².